The second-order valence-corrected chi connectivity index (χ2v) is 13.2. The second-order valence-electron chi connectivity index (χ2n) is 9.31. The summed E-state index contributed by atoms with van der Waals surface area (Å²) in [5, 5.41) is 1.31. The molecule has 30 heavy (non-hydrogen) atoms. The minimum atomic E-state index is -1.93. The highest BCUT2D eigenvalue weighted by molar-refractivity contribution is 6.94. The predicted octanol–water partition coefficient (Wildman–Crippen LogP) is 7.05. The van der Waals surface area contributed by atoms with Crippen LogP contribution >= 0.6 is 0 Å². The first-order chi connectivity index (χ1) is 14.5. The molecule has 0 spiro atoms. The first-order valence-electron chi connectivity index (χ1n) is 11.4. The molecule has 1 aliphatic rings. The van der Waals surface area contributed by atoms with E-state index in [1.54, 1.807) is 0 Å². The molecule has 3 heteroatoms. The summed E-state index contributed by atoms with van der Waals surface area (Å²) in [6.45, 7) is 9.23. The maximum Gasteiger partial charge on any atom is 0.206 e. The zero-order valence-electron chi connectivity index (χ0n) is 18.8. The van der Waals surface area contributed by atoms with Crippen molar-refractivity contribution in [2.45, 2.75) is 64.5 Å². The molecule has 4 rings (SSSR count). The Labute approximate surface area is 182 Å². The van der Waals surface area contributed by atoms with Crippen molar-refractivity contribution in [1.82, 2.24) is 4.98 Å². The lowest BCUT2D eigenvalue weighted by Crippen LogP contribution is -2.54. The van der Waals surface area contributed by atoms with Crippen LogP contribution in [0.2, 0.25) is 12.1 Å². The van der Waals surface area contributed by atoms with Gasteiger partial charge in [-0.2, -0.15) is 0 Å². The molecule has 2 heterocycles. The van der Waals surface area contributed by atoms with E-state index in [2.05, 4.69) is 99.4 Å². The molecule has 1 N–H and O–H groups in total. The lowest BCUT2D eigenvalue weighted by atomic mass is 9.93. The van der Waals surface area contributed by atoms with Gasteiger partial charge in [0.25, 0.3) is 0 Å². The molecule has 156 valence electrons. The predicted molar refractivity (Wildman–Crippen MR) is 132 cm³/mol. The van der Waals surface area contributed by atoms with Gasteiger partial charge < -0.3 is 4.98 Å². The number of para-hydroxylation sites is 1. The highest BCUT2D eigenvalue weighted by Crippen LogP contribution is 2.38. The van der Waals surface area contributed by atoms with E-state index in [4.69, 9.17) is 4.98 Å². The summed E-state index contributed by atoms with van der Waals surface area (Å²) < 4.78 is 0. The molecular formula is C27H34N2Si. The highest BCUT2D eigenvalue weighted by atomic mass is 28.3. The first-order valence-corrected chi connectivity index (χ1v) is 13.9. The van der Waals surface area contributed by atoms with Crippen molar-refractivity contribution < 1.29 is 0 Å². The number of rotatable bonds is 6. The minimum absolute atomic E-state index is 0.502. The Kier molecular flexibility index (Phi) is 6.10. The monoisotopic (exact) mass is 414 g/mol. The number of hydrogen-bond donors (Lipinski definition) is 1. The molecule has 0 unspecified atom stereocenters. The third-order valence-electron chi connectivity index (χ3n) is 6.50. The van der Waals surface area contributed by atoms with Gasteiger partial charge in [-0.05, 0) is 47.2 Å². The summed E-state index contributed by atoms with van der Waals surface area (Å²) in [6.07, 6.45) is 2.61. The fourth-order valence-electron chi connectivity index (χ4n) is 4.83. The highest BCUT2D eigenvalue weighted by Gasteiger charge is 2.41. The van der Waals surface area contributed by atoms with E-state index in [-0.39, 0.29) is 0 Å². The van der Waals surface area contributed by atoms with Crippen molar-refractivity contribution in [3.8, 4) is 11.3 Å². The molecule has 2 aromatic carbocycles. The fourth-order valence-corrected chi connectivity index (χ4v) is 9.19. The molecule has 2 nitrogen and oxygen atoms in total. The molecule has 0 amide bonds. The second kappa shape index (κ2) is 8.77. The van der Waals surface area contributed by atoms with Gasteiger partial charge >= 0.3 is 0 Å². The Hall–Kier alpha value is -2.39. The molecular weight excluding hydrogens is 380 g/mol. The van der Waals surface area contributed by atoms with Crippen LogP contribution in [0.4, 0.5) is 5.69 Å². The number of pyridine rings is 1. The van der Waals surface area contributed by atoms with Gasteiger partial charge in [-0.15, -0.1) is 0 Å². The normalized spacial score (nSPS) is 15.7. The van der Waals surface area contributed by atoms with Crippen molar-refractivity contribution in [1.29, 1.82) is 0 Å². The molecule has 1 saturated heterocycles. The molecule has 0 aliphatic carbocycles. The Morgan fingerprint density at radius 3 is 1.93 bits per heavy atom. The third-order valence-corrected chi connectivity index (χ3v) is 10.9. The summed E-state index contributed by atoms with van der Waals surface area (Å²) in [5.41, 5.74) is 6.57. The topological polar surface area (TPSA) is 24.9 Å². The van der Waals surface area contributed by atoms with Gasteiger partial charge in [0.2, 0.25) is 8.24 Å². The summed E-state index contributed by atoms with van der Waals surface area (Å²) in [7, 11) is -1.93. The lowest BCUT2D eigenvalue weighted by molar-refractivity contribution is 0.839. The maximum atomic E-state index is 5.24. The SMILES string of the molecule is CC(C)c1cccc(C(C)C)c1N[Si]1(c2cccc(-c3ccccc3)n2)CCCC1. The van der Waals surface area contributed by atoms with Crippen LogP contribution < -0.4 is 10.3 Å². The van der Waals surface area contributed by atoms with Gasteiger partial charge in [-0.3, -0.25) is 4.98 Å². The van der Waals surface area contributed by atoms with Crippen LogP contribution in [0.25, 0.3) is 11.3 Å². The molecule has 3 aromatic rings. The van der Waals surface area contributed by atoms with Crippen molar-refractivity contribution in [2.75, 3.05) is 4.98 Å². The van der Waals surface area contributed by atoms with Crippen molar-refractivity contribution >= 4 is 19.2 Å². The standard InChI is InChI=1S/C27H34N2Si/c1-20(2)23-14-10-15-24(21(3)4)27(23)29-30(18-8-9-19-30)26-17-11-16-25(28-26)22-12-6-5-7-13-22/h5-7,10-17,20-21,29H,8-9,18-19H2,1-4H3. The Balaban J connectivity index is 1.79. The van der Waals surface area contributed by atoms with Crippen LogP contribution in [0.3, 0.4) is 0 Å². The summed E-state index contributed by atoms with van der Waals surface area (Å²) in [6, 6.07) is 26.6. The maximum absolute atomic E-state index is 5.24. The Bertz CT molecular complexity index is 963. The fraction of sp³-hybridized carbons (Fsp3) is 0.370. The van der Waals surface area contributed by atoms with Crippen molar-refractivity contribution in [2.24, 2.45) is 0 Å². The smallest absolute Gasteiger partial charge is 0.206 e. The number of hydrogen-bond acceptors (Lipinski definition) is 2. The van der Waals surface area contributed by atoms with Crippen LogP contribution in [0.5, 0.6) is 0 Å². The summed E-state index contributed by atoms with van der Waals surface area (Å²) in [4.78, 5) is 9.47. The van der Waals surface area contributed by atoms with Crippen LogP contribution in [-0.2, 0) is 0 Å². The van der Waals surface area contributed by atoms with Gasteiger partial charge in [0.15, 0.2) is 0 Å². The molecule has 0 bridgehead atoms. The van der Waals surface area contributed by atoms with Crippen LogP contribution in [-0.4, -0.2) is 13.2 Å². The Morgan fingerprint density at radius 2 is 1.33 bits per heavy atom. The molecule has 0 saturated carbocycles. The largest absolute Gasteiger partial charge is 0.405 e. The van der Waals surface area contributed by atoms with Crippen LogP contribution in [0.1, 0.15) is 63.5 Å². The van der Waals surface area contributed by atoms with Gasteiger partial charge in [-0.1, -0.05) is 95.1 Å². The van der Waals surface area contributed by atoms with Crippen molar-refractivity contribution in [3.63, 3.8) is 0 Å². The van der Waals surface area contributed by atoms with Crippen LogP contribution in [0.15, 0.2) is 66.7 Å². The molecule has 0 atom stereocenters. The quantitative estimate of drug-likeness (QED) is 0.437. The van der Waals surface area contributed by atoms with E-state index in [0.717, 1.165) is 5.69 Å². The summed E-state index contributed by atoms with van der Waals surface area (Å²) >= 11 is 0. The van der Waals surface area contributed by atoms with Crippen molar-refractivity contribution in [3.05, 3.63) is 77.9 Å². The zero-order valence-corrected chi connectivity index (χ0v) is 19.8. The van der Waals surface area contributed by atoms with Gasteiger partial charge in [0.1, 0.15) is 0 Å². The van der Waals surface area contributed by atoms with E-state index in [1.165, 1.54) is 52.6 Å². The lowest BCUT2D eigenvalue weighted by Gasteiger charge is -2.32. The number of benzene rings is 2. The number of nitrogens with one attached hydrogen (secondary N) is 1. The first kappa shape index (κ1) is 20.9. The van der Waals surface area contributed by atoms with Gasteiger partial charge in [0, 0.05) is 16.6 Å². The molecule has 1 aromatic heterocycles. The van der Waals surface area contributed by atoms with E-state index in [9.17, 15) is 0 Å². The molecule has 0 radical (unpaired) electrons. The number of aromatic nitrogens is 1. The molecule has 1 aliphatic heterocycles. The third kappa shape index (κ3) is 4.09. The zero-order chi connectivity index (χ0) is 21.1. The molecule has 1 fully saturated rings. The average Bonchev–Trinajstić information content (AvgIpc) is 3.24. The number of nitrogens with zero attached hydrogens (tertiary/aromatic N) is 1. The Morgan fingerprint density at radius 1 is 0.733 bits per heavy atom. The summed E-state index contributed by atoms with van der Waals surface area (Å²) in [5.74, 6) is 1.00. The average molecular weight is 415 g/mol. The van der Waals surface area contributed by atoms with E-state index in [1.807, 2.05) is 0 Å². The van der Waals surface area contributed by atoms with E-state index < -0.39 is 8.24 Å². The van der Waals surface area contributed by atoms with E-state index >= 15 is 0 Å². The minimum Gasteiger partial charge on any atom is -0.405 e. The van der Waals surface area contributed by atoms with Crippen LogP contribution in [0, 0.1) is 0 Å². The number of anilines is 1. The van der Waals surface area contributed by atoms with Gasteiger partial charge in [-0.25, -0.2) is 0 Å². The van der Waals surface area contributed by atoms with E-state index in [0.29, 0.717) is 11.8 Å². The van der Waals surface area contributed by atoms with Gasteiger partial charge in [0.05, 0.1) is 5.69 Å².